The van der Waals surface area contributed by atoms with Crippen molar-refractivity contribution in [1.29, 1.82) is 0 Å². The zero-order valence-corrected chi connectivity index (χ0v) is 26.6. The van der Waals surface area contributed by atoms with Crippen LogP contribution in [0.4, 0.5) is 0 Å². The molecule has 0 aromatic heterocycles. The van der Waals surface area contributed by atoms with E-state index >= 15 is 0 Å². The molecule has 7 rings (SSSR count). The lowest BCUT2D eigenvalue weighted by atomic mass is 9.98. The van der Waals surface area contributed by atoms with Gasteiger partial charge in [0.2, 0.25) is 0 Å². The smallest absolute Gasteiger partial charge is 0.126 e. The largest absolute Gasteiger partial charge is 0.489 e. The molecule has 0 N–H and O–H groups in total. The molecule has 6 aromatic carbocycles. The quantitative estimate of drug-likeness (QED) is 0.121. The normalized spacial score (nSPS) is 12.6. The van der Waals surface area contributed by atoms with Gasteiger partial charge in [0.05, 0.1) is 0 Å². The molecule has 0 saturated carbocycles. The summed E-state index contributed by atoms with van der Waals surface area (Å²) in [4.78, 5) is 0. The number of ether oxygens (including phenoxy) is 1. The first kappa shape index (κ1) is 28.1. The zero-order valence-electron chi connectivity index (χ0n) is 25.6. The van der Waals surface area contributed by atoms with Crippen LogP contribution in [0, 0.1) is 0 Å². The van der Waals surface area contributed by atoms with Gasteiger partial charge < -0.3 is 4.74 Å². The van der Waals surface area contributed by atoms with Gasteiger partial charge >= 0.3 is 0 Å². The van der Waals surface area contributed by atoms with Gasteiger partial charge in [0.25, 0.3) is 0 Å². The molecule has 0 unspecified atom stereocenters. The molecule has 0 aliphatic heterocycles. The Hall–Kier alpha value is -4.66. The molecular formula is C42H38OSi. The van der Waals surface area contributed by atoms with Gasteiger partial charge in [-0.2, -0.15) is 0 Å². The molecule has 216 valence electrons. The van der Waals surface area contributed by atoms with Crippen LogP contribution in [0.5, 0.6) is 5.75 Å². The van der Waals surface area contributed by atoms with Crippen molar-refractivity contribution in [2.45, 2.75) is 31.5 Å². The van der Waals surface area contributed by atoms with Crippen LogP contribution in [0.25, 0.3) is 44.2 Å². The van der Waals surface area contributed by atoms with E-state index in [-0.39, 0.29) is 0 Å². The fourth-order valence-electron chi connectivity index (χ4n) is 7.60. The van der Waals surface area contributed by atoms with E-state index in [1.165, 1.54) is 60.5 Å². The van der Waals surface area contributed by atoms with Crippen molar-refractivity contribution in [3.63, 3.8) is 0 Å². The van der Waals surface area contributed by atoms with Crippen molar-refractivity contribution < 1.29 is 4.74 Å². The van der Waals surface area contributed by atoms with Gasteiger partial charge in [-0.1, -0.05) is 172 Å². The molecular weight excluding hydrogens is 549 g/mol. The summed E-state index contributed by atoms with van der Waals surface area (Å²) in [6.07, 6.45) is 1.87. The SMILES string of the molecule is C=CCOc1c([Si](CC)(CC)C2c3cc(-c4ccccc4)ccc3-c3ccc(-c4ccccc4)cc32)ccc2ccccc12. The minimum atomic E-state index is -2.31. The number of hydrogen-bond acceptors (Lipinski definition) is 1. The Morgan fingerprint density at radius 3 is 1.70 bits per heavy atom. The van der Waals surface area contributed by atoms with Crippen LogP contribution in [-0.2, 0) is 0 Å². The summed E-state index contributed by atoms with van der Waals surface area (Å²) in [5, 5.41) is 3.83. The maximum atomic E-state index is 6.65. The highest BCUT2D eigenvalue weighted by molar-refractivity contribution is 6.94. The van der Waals surface area contributed by atoms with Crippen molar-refractivity contribution in [2.75, 3.05) is 6.61 Å². The van der Waals surface area contributed by atoms with E-state index in [1.807, 2.05) is 6.08 Å². The minimum Gasteiger partial charge on any atom is -0.489 e. The first-order chi connectivity index (χ1) is 21.7. The van der Waals surface area contributed by atoms with Crippen LogP contribution < -0.4 is 9.92 Å². The molecule has 2 heteroatoms. The lowest BCUT2D eigenvalue weighted by Gasteiger charge is -2.39. The predicted molar refractivity (Wildman–Crippen MR) is 191 cm³/mol. The molecule has 0 atom stereocenters. The van der Waals surface area contributed by atoms with Crippen LogP contribution >= 0.6 is 0 Å². The van der Waals surface area contributed by atoms with Crippen LogP contribution in [0.2, 0.25) is 12.1 Å². The topological polar surface area (TPSA) is 9.23 Å². The third-order valence-corrected chi connectivity index (χ3v) is 15.5. The monoisotopic (exact) mass is 586 g/mol. The molecule has 0 heterocycles. The summed E-state index contributed by atoms with van der Waals surface area (Å²) in [6.45, 7) is 9.32. The fraction of sp³-hybridized carbons (Fsp3) is 0.143. The van der Waals surface area contributed by atoms with Crippen molar-refractivity contribution in [1.82, 2.24) is 0 Å². The van der Waals surface area contributed by atoms with Gasteiger partial charge in [-0.05, 0) is 55.1 Å². The Balaban J connectivity index is 1.51. The lowest BCUT2D eigenvalue weighted by molar-refractivity contribution is 0.370. The predicted octanol–water partition coefficient (Wildman–Crippen LogP) is 10.8. The fourth-order valence-corrected chi connectivity index (χ4v) is 12.7. The number of fused-ring (bicyclic) bond motifs is 4. The number of hydrogen-bond donors (Lipinski definition) is 0. The second kappa shape index (κ2) is 11.8. The number of rotatable bonds is 9. The molecule has 6 aromatic rings. The third-order valence-electron chi connectivity index (χ3n) is 9.81. The summed E-state index contributed by atoms with van der Waals surface area (Å²) >= 11 is 0. The first-order valence-electron chi connectivity index (χ1n) is 15.8. The molecule has 0 fully saturated rings. The molecule has 0 radical (unpaired) electrons. The van der Waals surface area contributed by atoms with Crippen molar-refractivity contribution in [3.8, 4) is 39.1 Å². The van der Waals surface area contributed by atoms with Gasteiger partial charge in [0.15, 0.2) is 0 Å². The highest BCUT2D eigenvalue weighted by atomic mass is 28.3. The lowest BCUT2D eigenvalue weighted by Crippen LogP contribution is -2.52. The summed E-state index contributed by atoms with van der Waals surface area (Å²) in [7, 11) is -2.31. The van der Waals surface area contributed by atoms with Crippen molar-refractivity contribution in [3.05, 3.63) is 157 Å². The minimum absolute atomic E-state index is 0.294. The van der Waals surface area contributed by atoms with Gasteiger partial charge in [0.1, 0.15) is 20.4 Å². The second-order valence-corrected chi connectivity index (χ2v) is 16.7. The average molecular weight is 587 g/mol. The van der Waals surface area contributed by atoms with Crippen LogP contribution in [0.3, 0.4) is 0 Å². The Morgan fingerprint density at radius 1 is 0.614 bits per heavy atom. The summed E-state index contributed by atoms with van der Waals surface area (Å²) in [6, 6.07) is 51.6. The molecule has 0 spiro atoms. The second-order valence-electron chi connectivity index (χ2n) is 11.9. The van der Waals surface area contributed by atoms with Gasteiger partial charge in [-0.25, -0.2) is 0 Å². The molecule has 0 amide bonds. The van der Waals surface area contributed by atoms with Gasteiger partial charge in [-0.3, -0.25) is 0 Å². The standard InChI is InChI=1S/C42H38OSi/c1-4-27-43-41-35-20-14-13-19-32(35)23-26-40(41)44(5-2,6-3)42-38-28-33(30-15-9-7-10-16-30)21-24-36(38)37-25-22-34(29-39(37)42)31-17-11-8-12-18-31/h4,7-26,28-29,42H,1,5-6,27H2,2-3H3. The highest BCUT2D eigenvalue weighted by Crippen LogP contribution is 2.53. The number of benzene rings is 6. The van der Waals surface area contributed by atoms with Crippen LogP contribution in [0.1, 0.15) is 30.5 Å². The molecule has 1 aliphatic carbocycles. The Labute approximate surface area is 262 Å². The summed E-state index contributed by atoms with van der Waals surface area (Å²) in [5.41, 5.74) is 11.0. The maximum Gasteiger partial charge on any atom is 0.126 e. The highest BCUT2D eigenvalue weighted by Gasteiger charge is 2.48. The Morgan fingerprint density at radius 2 is 1.16 bits per heavy atom. The van der Waals surface area contributed by atoms with Crippen LogP contribution in [-0.4, -0.2) is 14.7 Å². The van der Waals surface area contributed by atoms with E-state index in [1.54, 1.807) is 0 Å². The average Bonchev–Trinajstić information content (AvgIpc) is 3.42. The molecule has 44 heavy (non-hydrogen) atoms. The molecule has 0 bridgehead atoms. The van der Waals surface area contributed by atoms with E-state index in [0.717, 1.165) is 17.8 Å². The van der Waals surface area contributed by atoms with E-state index in [0.29, 0.717) is 12.1 Å². The van der Waals surface area contributed by atoms with E-state index in [2.05, 4.69) is 154 Å². The van der Waals surface area contributed by atoms with E-state index in [9.17, 15) is 0 Å². The van der Waals surface area contributed by atoms with Gasteiger partial charge in [0, 0.05) is 10.9 Å². The Bertz CT molecular complexity index is 1860. The summed E-state index contributed by atoms with van der Waals surface area (Å²) < 4.78 is 6.65. The van der Waals surface area contributed by atoms with Crippen LogP contribution in [0.15, 0.2) is 146 Å². The maximum absolute atomic E-state index is 6.65. The molecule has 1 nitrogen and oxygen atoms in total. The zero-order chi connectivity index (χ0) is 30.1. The van der Waals surface area contributed by atoms with Crippen molar-refractivity contribution in [2.24, 2.45) is 0 Å². The van der Waals surface area contributed by atoms with Gasteiger partial charge in [-0.15, -0.1) is 0 Å². The third kappa shape index (κ3) is 4.62. The summed E-state index contributed by atoms with van der Waals surface area (Å²) in [5.74, 6) is 1.05. The molecule has 0 saturated heterocycles. The van der Waals surface area contributed by atoms with E-state index in [4.69, 9.17) is 4.74 Å². The van der Waals surface area contributed by atoms with E-state index < -0.39 is 8.07 Å². The molecule has 1 aliphatic rings. The van der Waals surface area contributed by atoms with Crippen molar-refractivity contribution >= 4 is 24.0 Å². The Kier molecular flexibility index (Phi) is 7.53. The first-order valence-corrected chi connectivity index (χ1v) is 18.3.